The maximum atomic E-state index is 13.0. The molecular weight excluding hydrogens is 373 g/mol. The summed E-state index contributed by atoms with van der Waals surface area (Å²) >= 11 is 0. The van der Waals surface area contributed by atoms with Crippen LogP contribution in [0.4, 0.5) is 9.18 Å². The van der Waals surface area contributed by atoms with Crippen molar-refractivity contribution in [3.63, 3.8) is 0 Å². The van der Waals surface area contributed by atoms with Crippen LogP contribution >= 0.6 is 0 Å². The molecule has 1 spiro atoms. The lowest BCUT2D eigenvalue weighted by Gasteiger charge is -2.40. The zero-order chi connectivity index (χ0) is 21.4. The van der Waals surface area contributed by atoms with Crippen molar-refractivity contribution >= 4 is 17.8 Å². The fraction of sp³-hybridized carbons (Fsp3) is 0.591. The molecule has 0 atom stereocenters. The molecule has 0 aromatic heterocycles. The highest BCUT2D eigenvalue weighted by atomic mass is 19.1. The van der Waals surface area contributed by atoms with Crippen LogP contribution in [0.1, 0.15) is 52.0 Å². The van der Waals surface area contributed by atoms with E-state index in [9.17, 15) is 18.8 Å². The Morgan fingerprint density at radius 1 is 1.21 bits per heavy atom. The first kappa shape index (κ1) is 21.3. The predicted molar refractivity (Wildman–Crippen MR) is 107 cm³/mol. The van der Waals surface area contributed by atoms with E-state index in [0.717, 1.165) is 23.3 Å². The minimum Gasteiger partial charge on any atom is -0.340 e. The van der Waals surface area contributed by atoms with Gasteiger partial charge in [0.1, 0.15) is 17.9 Å². The van der Waals surface area contributed by atoms with Crippen molar-refractivity contribution in [1.82, 2.24) is 15.1 Å². The van der Waals surface area contributed by atoms with Crippen LogP contribution < -0.4 is 5.32 Å². The molecule has 1 saturated heterocycles. The van der Waals surface area contributed by atoms with E-state index in [4.69, 9.17) is 0 Å². The summed E-state index contributed by atoms with van der Waals surface area (Å²) in [5.74, 6) is -0.458. The predicted octanol–water partition coefficient (Wildman–Crippen LogP) is 3.31. The highest BCUT2D eigenvalue weighted by molar-refractivity contribution is 6.09. The van der Waals surface area contributed by atoms with E-state index in [-0.39, 0.29) is 36.1 Å². The van der Waals surface area contributed by atoms with Gasteiger partial charge in [0, 0.05) is 13.6 Å². The largest absolute Gasteiger partial charge is 0.340 e. The van der Waals surface area contributed by atoms with Crippen LogP contribution in [0.3, 0.4) is 0 Å². The van der Waals surface area contributed by atoms with E-state index in [0.29, 0.717) is 18.8 Å². The molecule has 4 amide bonds. The molecule has 0 bridgehead atoms. The first-order valence-corrected chi connectivity index (χ1v) is 10.1. The van der Waals surface area contributed by atoms with Gasteiger partial charge in [0.25, 0.3) is 5.91 Å². The SMILES string of the molecule is CN(Cc1ccc(F)cc1)C(=O)CN1C(=O)NC2(CCC(C(C)(C)C)CC2)C1=O. The Labute approximate surface area is 171 Å². The Balaban J connectivity index is 1.61. The molecule has 6 nitrogen and oxygen atoms in total. The highest BCUT2D eigenvalue weighted by Crippen LogP contribution is 2.43. The molecule has 2 aliphatic rings. The van der Waals surface area contributed by atoms with Gasteiger partial charge in [-0.15, -0.1) is 0 Å². The number of halogens is 1. The number of nitrogens with one attached hydrogen (secondary N) is 1. The van der Waals surface area contributed by atoms with Gasteiger partial charge in [-0.2, -0.15) is 0 Å². The smallest absolute Gasteiger partial charge is 0.325 e. The number of carbonyl (C=O) groups excluding carboxylic acids is 3. The van der Waals surface area contributed by atoms with Gasteiger partial charge in [-0.1, -0.05) is 32.9 Å². The van der Waals surface area contributed by atoms with Gasteiger partial charge in [-0.3, -0.25) is 14.5 Å². The van der Waals surface area contributed by atoms with Crippen LogP contribution in [0, 0.1) is 17.2 Å². The molecule has 2 fully saturated rings. The zero-order valence-corrected chi connectivity index (χ0v) is 17.6. The zero-order valence-electron chi connectivity index (χ0n) is 17.6. The third kappa shape index (κ3) is 4.43. The Morgan fingerprint density at radius 2 is 1.79 bits per heavy atom. The van der Waals surface area contributed by atoms with Gasteiger partial charge < -0.3 is 10.2 Å². The van der Waals surface area contributed by atoms with Gasteiger partial charge in [0.15, 0.2) is 0 Å². The number of imide groups is 1. The van der Waals surface area contributed by atoms with Crippen molar-refractivity contribution in [3.8, 4) is 0 Å². The summed E-state index contributed by atoms with van der Waals surface area (Å²) in [5.41, 5.74) is 0.0806. The number of amides is 4. The molecule has 1 aromatic rings. The van der Waals surface area contributed by atoms with Gasteiger partial charge in [0.2, 0.25) is 5.91 Å². The molecule has 1 aliphatic heterocycles. The molecule has 0 unspecified atom stereocenters. The fourth-order valence-electron chi connectivity index (χ4n) is 4.34. The average molecular weight is 403 g/mol. The fourth-order valence-corrected chi connectivity index (χ4v) is 4.34. The van der Waals surface area contributed by atoms with Crippen LogP contribution in [-0.2, 0) is 16.1 Å². The number of nitrogens with zero attached hydrogens (tertiary/aromatic N) is 2. The number of benzene rings is 1. The lowest BCUT2D eigenvalue weighted by molar-refractivity contribution is -0.139. The maximum absolute atomic E-state index is 13.0. The summed E-state index contributed by atoms with van der Waals surface area (Å²) < 4.78 is 13.0. The Hall–Kier alpha value is -2.44. The number of urea groups is 1. The highest BCUT2D eigenvalue weighted by Gasteiger charge is 2.53. The quantitative estimate of drug-likeness (QED) is 0.784. The van der Waals surface area contributed by atoms with E-state index < -0.39 is 11.6 Å². The van der Waals surface area contributed by atoms with Crippen molar-refractivity contribution < 1.29 is 18.8 Å². The number of hydrogen-bond donors (Lipinski definition) is 1. The minimum atomic E-state index is -0.866. The number of hydrogen-bond acceptors (Lipinski definition) is 3. The molecule has 0 radical (unpaired) electrons. The molecule has 1 N–H and O–H groups in total. The van der Waals surface area contributed by atoms with Crippen molar-refractivity contribution in [2.45, 2.75) is 58.5 Å². The minimum absolute atomic E-state index is 0.173. The second kappa shape index (κ2) is 7.76. The average Bonchev–Trinajstić information content (AvgIpc) is 2.87. The van der Waals surface area contributed by atoms with Crippen molar-refractivity contribution in [1.29, 1.82) is 0 Å². The lowest BCUT2D eigenvalue weighted by Crippen LogP contribution is -2.51. The summed E-state index contributed by atoms with van der Waals surface area (Å²) in [7, 11) is 1.61. The van der Waals surface area contributed by atoms with Crippen LogP contribution in [0.25, 0.3) is 0 Å². The molecule has 1 aromatic carbocycles. The van der Waals surface area contributed by atoms with Crippen LogP contribution in [0.5, 0.6) is 0 Å². The summed E-state index contributed by atoms with van der Waals surface area (Å²) in [6.07, 6.45) is 2.97. The second-order valence-electron chi connectivity index (χ2n) is 9.42. The van der Waals surface area contributed by atoms with Gasteiger partial charge >= 0.3 is 6.03 Å². The van der Waals surface area contributed by atoms with Crippen LogP contribution in [-0.4, -0.2) is 46.8 Å². The van der Waals surface area contributed by atoms with Gasteiger partial charge in [-0.25, -0.2) is 9.18 Å². The van der Waals surface area contributed by atoms with E-state index in [2.05, 4.69) is 26.1 Å². The van der Waals surface area contributed by atoms with Crippen molar-refractivity contribution in [2.24, 2.45) is 11.3 Å². The van der Waals surface area contributed by atoms with E-state index in [1.54, 1.807) is 19.2 Å². The van der Waals surface area contributed by atoms with Gasteiger partial charge in [0.05, 0.1) is 0 Å². The first-order valence-electron chi connectivity index (χ1n) is 10.1. The number of likely N-dealkylation sites (N-methyl/N-ethyl adjacent to an activating group) is 1. The van der Waals surface area contributed by atoms with E-state index in [1.807, 2.05) is 0 Å². The van der Waals surface area contributed by atoms with E-state index in [1.165, 1.54) is 17.0 Å². The van der Waals surface area contributed by atoms with Gasteiger partial charge in [-0.05, 0) is 54.7 Å². The monoisotopic (exact) mass is 403 g/mol. The first-order chi connectivity index (χ1) is 13.5. The second-order valence-corrected chi connectivity index (χ2v) is 9.42. The Kier molecular flexibility index (Phi) is 5.70. The molecule has 158 valence electrons. The molecule has 3 rings (SSSR count). The normalized spacial score (nSPS) is 24.7. The summed E-state index contributed by atoms with van der Waals surface area (Å²) in [5, 5.41) is 2.87. The topological polar surface area (TPSA) is 69.7 Å². The van der Waals surface area contributed by atoms with Crippen molar-refractivity contribution in [2.75, 3.05) is 13.6 Å². The Bertz CT molecular complexity index is 793. The molecule has 29 heavy (non-hydrogen) atoms. The lowest BCUT2D eigenvalue weighted by atomic mass is 9.67. The summed E-state index contributed by atoms with van der Waals surface area (Å²) in [4.78, 5) is 40.6. The van der Waals surface area contributed by atoms with Crippen LogP contribution in [0.15, 0.2) is 24.3 Å². The van der Waals surface area contributed by atoms with E-state index >= 15 is 0 Å². The molecule has 1 saturated carbocycles. The molecule has 7 heteroatoms. The number of rotatable bonds is 4. The third-order valence-electron chi connectivity index (χ3n) is 6.36. The molecule has 1 aliphatic carbocycles. The molecule has 1 heterocycles. The van der Waals surface area contributed by atoms with Crippen molar-refractivity contribution in [3.05, 3.63) is 35.6 Å². The van der Waals surface area contributed by atoms with Crippen LogP contribution in [0.2, 0.25) is 0 Å². The number of carbonyl (C=O) groups is 3. The summed E-state index contributed by atoms with van der Waals surface area (Å²) in [6, 6.07) is 5.39. The standard InChI is InChI=1S/C22H30FN3O3/c1-21(2,3)16-9-11-22(12-10-16)19(28)26(20(29)24-22)14-18(27)25(4)13-15-5-7-17(23)8-6-15/h5-8,16H,9-14H2,1-4H3,(H,24,29). The summed E-state index contributed by atoms with van der Waals surface area (Å²) in [6.45, 7) is 6.60. The molecular formula is C22H30FN3O3. The maximum Gasteiger partial charge on any atom is 0.325 e. The third-order valence-corrected chi connectivity index (χ3v) is 6.36. The Morgan fingerprint density at radius 3 is 2.34 bits per heavy atom.